The molecule has 1 aliphatic heterocycles. The highest BCUT2D eigenvalue weighted by molar-refractivity contribution is 6.53. The van der Waals surface area contributed by atoms with Crippen LogP contribution in [0.2, 0.25) is 15.1 Å². The standard InChI is InChI=1S/C22H15Cl5F3N3O4/c23-12-4-2-10(6-11(12)18(34)32-15-7-37-33(20(15)36)8-21(28,29)30)31-19(35)17-16(22(17,26)27)9-1-3-13(24)14(25)5-9/h1-6,15-17H,7-8H2,(H,31,35)(H,32,34)/t15-,16?,17?/m1/s1. The summed E-state index contributed by atoms with van der Waals surface area (Å²) in [4.78, 5) is 42.5. The van der Waals surface area contributed by atoms with Crippen molar-refractivity contribution in [1.29, 1.82) is 0 Å². The third-order valence-electron chi connectivity index (χ3n) is 5.69. The van der Waals surface area contributed by atoms with E-state index in [1.807, 2.05) is 0 Å². The molecular weight excluding hydrogens is 605 g/mol. The van der Waals surface area contributed by atoms with E-state index >= 15 is 0 Å². The second kappa shape index (κ2) is 10.3. The molecule has 4 rings (SSSR count). The van der Waals surface area contributed by atoms with Crippen molar-refractivity contribution in [2.45, 2.75) is 22.5 Å². The Kier molecular flexibility index (Phi) is 7.82. The average Bonchev–Trinajstić information content (AvgIpc) is 3.24. The van der Waals surface area contributed by atoms with Gasteiger partial charge in [0.2, 0.25) is 5.91 Å². The van der Waals surface area contributed by atoms with Crippen molar-refractivity contribution in [3.05, 3.63) is 62.6 Å². The Morgan fingerprint density at radius 1 is 1.05 bits per heavy atom. The number of benzene rings is 2. The minimum absolute atomic E-state index is 0.0295. The normalized spacial score (nSPS) is 22.6. The quantitative estimate of drug-likeness (QED) is 0.412. The van der Waals surface area contributed by atoms with E-state index in [0.717, 1.165) is 0 Å². The number of halogens is 8. The van der Waals surface area contributed by atoms with Crippen LogP contribution in [0.5, 0.6) is 0 Å². The molecule has 37 heavy (non-hydrogen) atoms. The molecule has 0 spiro atoms. The van der Waals surface area contributed by atoms with Crippen LogP contribution >= 0.6 is 58.0 Å². The lowest BCUT2D eigenvalue weighted by molar-refractivity contribution is -0.214. The largest absolute Gasteiger partial charge is 0.408 e. The van der Waals surface area contributed by atoms with E-state index in [1.165, 1.54) is 18.2 Å². The van der Waals surface area contributed by atoms with E-state index < -0.39 is 59.3 Å². The summed E-state index contributed by atoms with van der Waals surface area (Å²) in [6.07, 6.45) is -4.67. The average molecular weight is 620 g/mol. The van der Waals surface area contributed by atoms with Gasteiger partial charge in [-0.05, 0) is 35.9 Å². The summed E-state index contributed by atoms with van der Waals surface area (Å²) < 4.78 is 36.3. The molecule has 7 nitrogen and oxygen atoms in total. The molecule has 2 aromatic carbocycles. The van der Waals surface area contributed by atoms with Gasteiger partial charge in [0.25, 0.3) is 11.8 Å². The summed E-state index contributed by atoms with van der Waals surface area (Å²) >= 11 is 30.8. The predicted molar refractivity (Wildman–Crippen MR) is 132 cm³/mol. The maximum atomic E-state index is 12.9. The van der Waals surface area contributed by atoms with Crippen LogP contribution in [0, 0.1) is 5.92 Å². The molecule has 15 heteroatoms. The number of nitrogens with one attached hydrogen (secondary N) is 2. The zero-order valence-electron chi connectivity index (χ0n) is 18.2. The molecule has 0 bridgehead atoms. The first-order chi connectivity index (χ1) is 17.2. The number of amides is 3. The first kappa shape index (κ1) is 28.1. The van der Waals surface area contributed by atoms with Gasteiger partial charge in [-0.15, -0.1) is 23.2 Å². The highest BCUT2D eigenvalue weighted by Gasteiger charge is 2.67. The molecule has 2 aliphatic rings. The number of hydrogen-bond acceptors (Lipinski definition) is 4. The third kappa shape index (κ3) is 6.05. The van der Waals surface area contributed by atoms with Gasteiger partial charge < -0.3 is 10.6 Å². The van der Waals surface area contributed by atoms with Crippen molar-refractivity contribution in [3.63, 3.8) is 0 Å². The molecule has 3 atom stereocenters. The van der Waals surface area contributed by atoms with E-state index in [0.29, 0.717) is 10.6 Å². The van der Waals surface area contributed by atoms with Crippen LogP contribution in [-0.4, -0.2) is 52.5 Å². The minimum atomic E-state index is -4.67. The van der Waals surface area contributed by atoms with Crippen LogP contribution in [-0.2, 0) is 14.4 Å². The van der Waals surface area contributed by atoms with E-state index in [2.05, 4.69) is 10.6 Å². The van der Waals surface area contributed by atoms with Gasteiger partial charge in [-0.1, -0.05) is 40.9 Å². The van der Waals surface area contributed by atoms with Crippen LogP contribution in [0.25, 0.3) is 0 Å². The summed E-state index contributed by atoms with van der Waals surface area (Å²) in [6, 6.07) is 7.42. The van der Waals surface area contributed by atoms with Crippen LogP contribution in [0.3, 0.4) is 0 Å². The Hall–Kier alpha value is -1.95. The molecule has 2 aromatic rings. The Morgan fingerprint density at radius 3 is 2.38 bits per heavy atom. The topological polar surface area (TPSA) is 87.7 Å². The van der Waals surface area contributed by atoms with Crippen molar-refractivity contribution in [3.8, 4) is 0 Å². The van der Waals surface area contributed by atoms with Crippen LogP contribution < -0.4 is 10.6 Å². The molecule has 1 saturated carbocycles. The summed E-state index contributed by atoms with van der Waals surface area (Å²) in [6.45, 7) is -2.10. The summed E-state index contributed by atoms with van der Waals surface area (Å²) in [5.41, 5.74) is 0.635. The lowest BCUT2D eigenvalue weighted by Gasteiger charge is -2.16. The van der Waals surface area contributed by atoms with Gasteiger partial charge in [0.1, 0.15) is 23.5 Å². The van der Waals surface area contributed by atoms with Crippen LogP contribution in [0.15, 0.2) is 36.4 Å². The third-order valence-corrected chi connectivity index (χ3v) is 7.70. The van der Waals surface area contributed by atoms with E-state index in [9.17, 15) is 27.6 Å². The number of alkyl halides is 5. The van der Waals surface area contributed by atoms with E-state index in [1.54, 1.807) is 18.2 Å². The van der Waals surface area contributed by atoms with Gasteiger partial charge in [0, 0.05) is 11.6 Å². The van der Waals surface area contributed by atoms with Crippen molar-refractivity contribution >= 4 is 81.4 Å². The first-order valence-corrected chi connectivity index (χ1v) is 12.3. The second-order valence-corrected chi connectivity index (χ2v) is 11.0. The minimum Gasteiger partial charge on any atom is -0.338 e. The van der Waals surface area contributed by atoms with Gasteiger partial charge in [-0.2, -0.15) is 13.2 Å². The lowest BCUT2D eigenvalue weighted by atomic mass is 10.1. The number of rotatable bonds is 6. The molecule has 2 unspecified atom stereocenters. The van der Waals surface area contributed by atoms with Crippen molar-refractivity contribution in [2.24, 2.45) is 5.92 Å². The Morgan fingerprint density at radius 2 is 1.73 bits per heavy atom. The molecule has 1 heterocycles. The maximum absolute atomic E-state index is 12.9. The van der Waals surface area contributed by atoms with E-state index in [-0.39, 0.29) is 26.4 Å². The number of carbonyl (C=O) groups is 3. The molecule has 0 radical (unpaired) electrons. The van der Waals surface area contributed by atoms with Crippen molar-refractivity contribution < 1.29 is 32.4 Å². The molecule has 2 fully saturated rings. The zero-order chi connectivity index (χ0) is 27.3. The van der Waals surface area contributed by atoms with Gasteiger partial charge in [0.05, 0.1) is 26.5 Å². The van der Waals surface area contributed by atoms with Gasteiger partial charge in [-0.25, -0.2) is 5.06 Å². The summed E-state index contributed by atoms with van der Waals surface area (Å²) in [7, 11) is 0. The van der Waals surface area contributed by atoms with E-state index in [4.69, 9.17) is 62.8 Å². The Labute approximate surface area is 233 Å². The summed E-state index contributed by atoms with van der Waals surface area (Å²) in [5, 5.41) is 5.60. The van der Waals surface area contributed by atoms with Crippen molar-refractivity contribution in [2.75, 3.05) is 18.5 Å². The SMILES string of the molecule is O=C(N[C@@H]1CON(CC(F)(F)F)C1=O)c1cc(NC(=O)C2C(c3ccc(Cl)c(Cl)c3)C2(Cl)Cl)ccc1Cl. The van der Waals surface area contributed by atoms with Crippen molar-refractivity contribution in [1.82, 2.24) is 10.4 Å². The van der Waals surface area contributed by atoms with Gasteiger partial charge in [0.15, 0.2) is 0 Å². The predicted octanol–water partition coefficient (Wildman–Crippen LogP) is 5.61. The zero-order valence-corrected chi connectivity index (χ0v) is 22.0. The molecule has 1 aliphatic carbocycles. The molecule has 2 N–H and O–H groups in total. The molecule has 1 saturated heterocycles. The second-order valence-electron chi connectivity index (χ2n) is 8.30. The number of carbonyl (C=O) groups excluding carboxylic acids is 3. The fourth-order valence-corrected chi connectivity index (χ4v) is 5.21. The molecule has 0 aromatic heterocycles. The number of anilines is 1. The highest BCUT2D eigenvalue weighted by Crippen LogP contribution is 2.65. The molecule has 3 amide bonds. The Balaban J connectivity index is 1.44. The number of nitrogens with zero attached hydrogens (tertiary/aromatic N) is 1. The van der Waals surface area contributed by atoms with Gasteiger partial charge >= 0.3 is 6.18 Å². The highest BCUT2D eigenvalue weighted by atomic mass is 35.5. The first-order valence-electron chi connectivity index (χ1n) is 10.4. The smallest absolute Gasteiger partial charge is 0.338 e. The fraction of sp³-hybridized carbons (Fsp3) is 0.318. The molecule has 198 valence electrons. The molecular formula is C22H15Cl5F3N3O4. The number of hydrogen-bond donors (Lipinski definition) is 2. The lowest BCUT2D eigenvalue weighted by Crippen LogP contribution is -2.44. The fourth-order valence-electron chi connectivity index (χ4n) is 3.87. The van der Waals surface area contributed by atoms with Gasteiger partial charge in [-0.3, -0.25) is 19.2 Å². The Bertz CT molecular complexity index is 1280. The monoisotopic (exact) mass is 617 g/mol. The van der Waals surface area contributed by atoms with Crippen LogP contribution in [0.4, 0.5) is 18.9 Å². The van der Waals surface area contributed by atoms with Crippen LogP contribution in [0.1, 0.15) is 21.8 Å². The summed E-state index contributed by atoms with van der Waals surface area (Å²) in [5.74, 6) is -3.89. The maximum Gasteiger partial charge on any atom is 0.408 e. The number of hydroxylamine groups is 2.